The number of allylic oxidation sites excluding steroid dienone is 5. The molecule has 9 heteroatoms. The van der Waals surface area contributed by atoms with Crippen LogP contribution in [-0.2, 0) is 18.4 Å². The van der Waals surface area contributed by atoms with Gasteiger partial charge in [0.05, 0.1) is 39.9 Å². The summed E-state index contributed by atoms with van der Waals surface area (Å²) < 4.78 is 23.4. The molecule has 0 aliphatic rings. The maximum atomic E-state index is 13.0. The number of phosphoric acid groups is 1. The van der Waals surface area contributed by atoms with Crippen molar-refractivity contribution in [2.75, 3.05) is 40.9 Å². The standard InChI is InChI=1S/C76H149N2O6P/c1-6-8-10-12-14-16-18-20-22-24-26-28-30-31-32-33-34-35-36-37-38-39-40-41-42-43-44-45-46-47-48-50-52-54-56-58-60-62-64-66-68-70-76(80)77-74(73-84-85(81,82)83-72-71-78(3,4)5)75(79)69-67-65-63-61-59-57-55-53-51-49-29-27-25-23-21-19-17-15-13-11-9-7-2/h51,53,59,61,67,69,74-75,79H,6-50,52,54-58,60,62-66,68,70-73H2,1-5H3,(H-,77,80,81,82)/b53-51+,61-59+,69-67+. The van der Waals surface area contributed by atoms with Crippen molar-refractivity contribution >= 4 is 13.7 Å². The van der Waals surface area contributed by atoms with Crippen LogP contribution in [0.2, 0.25) is 0 Å². The number of likely N-dealkylation sites (N-methyl/N-ethyl adjacent to an activating group) is 1. The Morgan fingerprint density at radius 3 is 0.953 bits per heavy atom. The molecule has 3 unspecified atom stereocenters. The van der Waals surface area contributed by atoms with Gasteiger partial charge in [0.1, 0.15) is 13.2 Å². The molecular weight excluding hydrogens is 1070 g/mol. The number of unbranched alkanes of at least 4 members (excludes halogenated alkanes) is 54. The van der Waals surface area contributed by atoms with E-state index in [-0.39, 0.29) is 12.5 Å². The summed E-state index contributed by atoms with van der Waals surface area (Å²) in [7, 11) is 1.25. The van der Waals surface area contributed by atoms with Gasteiger partial charge in [-0.25, -0.2) is 0 Å². The van der Waals surface area contributed by atoms with E-state index < -0.39 is 26.6 Å². The van der Waals surface area contributed by atoms with Gasteiger partial charge in [-0.3, -0.25) is 9.36 Å². The number of nitrogens with one attached hydrogen (secondary N) is 1. The molecular formula is C76H149N2O6P. The van der Waals surface area contributed by atoms with Gasteiger partial charge in [-0.05, 0) is 44.9 Å². The van der Waals surface area contributed by atoms with Crippen molar-refractivity contribution < 1.29 is 32.9 Å². The molecule has 1 amide bonds. The number of quaternary nitrogens is 1. The van der Waals surface area contributed by atoms with Crippen molar-refractivity contribution in [3.05, 3.63) is 36.5 Å². The van der Waals surface area contributed by atoms with Gasteiger partial charge in [-0.2, -0.15) is 0 Å². The Balaban J connectivity index is 3.92. The Bertz CT molecular complexity index is 1480. The van der Waals surface area contributed by atoms with Gasteiger partial charge in [-0.15, -0.1) is 0 Å². The first-order valence-electron chi connectivity index (χ1n) is 37.9. The third-order valence-corrected chi connectivity index (χ3v) is 18.5. The first-order valence-corrected chi connectivity index (χ1v) is 39.3. The molecule has 0 rings (SSSR count). The van der Waals surface area contributed by atoms with Crippen LogP contribution in [0.5, 0.6) is 0 Å². The molecule has 8 nitrogen and oxygen atoms in total. The lowest BCUT2D eigenvalue weighted by molar-refractivity contribution is -0.870. The van der Waals surface area contributed by atoms with E-state index in [0.29, 0.717) is 17.4 Å². The highest BCUT2D eigenvalue weighted by molar-refractivity contribution is 7.45. The molecule has 0 radical (unpaired) electrons. The molecule has 0 saturated carbocycles. The van der Waals surface area contributed by atoms with Crippen LogP contribution in [0.3, 0.4) is 0 Å². The van der Waals surface area contributed by atoms with Gasteiger partial charge < -0.3 is 28.8 Å². The van der Waals surface area contributed by atoms with Gasteiger partial charge in [0, 0.05) is 6.42 Å². The van der Waals surface area contributed by atoms with E-state index in [1.54, 1.807) is 6.08 Å². The fourth-order valence-electron chi connectivity index (χ4n) is 11.7. The number of hydrogen-bond acceptors (Lipinski definition) is 6. The average molecular weight is 1220 g/mol. The van der Waals surface area contributed by atoms with Gasteiger partial charge in [-0.1, -0.05) is 378 Å². The predicted molar refractivity (Wildman–Crippen MR) is 372 cm³/mol. The third-order valence-electron chi connectivity index (χ3n) is 17.6. The number of carbonyl (C=O) groups excluding carboxylic acids is 1. The van der Waals surface area contributed by atoms with Crippen LogP contribution in [0.25, 0.3) is 0 Å². The topological polar surface area (TPSA) is 108 Å². The molecule has 0 aromatic heterocycles. The van der Waals surface area contributed by atoms with E-state index in [1.807, 2.05) is 27.2 Å². The zero-order chi connectivity index (χ0) is 61.9. The van der Waals surface area contributed by atoms with Gasteiger partial charge in [0.25, 0.3) is 7.82 Å². The minimum Gasteiger partial charge on any atom is -0.756 e. The highest BCUT2D eigenvalue weighted by atomic mass is 31.2. The van der Waals surface area contributed by atoms with Crippen molar-refractivity contribution in [1.82, 2.24) is 5.32 Å². The maximum absolute atomic E-state index is 13.0. The predicted octanol–water partition coefficient (Wildman–Crippen LogP) is 23.8. The first-order chi connectivity index (χ1) is 41.5. The van der Waals surface area contributed by atoms with Crippen molar-refractivity contribution in [2.24, 2.45) is 0 Å². The normalized spacial score (nSPS) is 13.7. The minimum absolute atomic E-state index is 0.00710. The quantitative estimate of drug-likeness (QED) is 0.0272. The van der Waals surface area contributed by atoms with Gasteiger partial charge in [0.2, 0.25) is 5.91 Å². The Kier molecular flexibility index (Phi) is 66.1. The molecule has 2 N–H and O–H groups in total. The SMILES string of the molecule is CCCCCCCCCCCCCC/C=C/CC/C=C/CC/C=C/C(O)C(COP(=O)([O-])OCC[N+](C)(C)C)NC(=O)CCCCCCCCCCCCCCCCCCCCCCCCCCCCCCCCCCCCCCCCCCC. The molecule has 0 aromatic carbocycles. The monoisotopic (exact) mass is 1220 g/mol. The Labute approximate surface area is 531 Å². The number of carbonyl (C=O) groups is 1. The fraction of sp³-hybridized carbons (Fsp3) is 0.908. The van der Waals surface area contributed by atoms with Gasteiger partial charge in [0.15, 0.2) is 0 Å². The molecule has 3 atom stereocenters. The fourth-order valence-corrected chi connectivity index (χ4v) is 12.4. The Hall–Kier alpha value is -1.28. The number of hydrogen-bond donors (Lipinski definition) is 2. The minimum atomic E-state index is -4.61. The molecule has 504 valence electrons. The van der Waals surface area contributed by atoms with Crippen molar-refractivity contribution in [3.63, 3.8) is 0 Å². The first kappa shape index (κ1) is 83.7. The summed E-state index contributed by atoms with van der Waals surface area (Å²) >= 11 is 0. The molecule has 0 aliphatic carbocycles. The summed E-state index contributed by atoms with van der Waals surface area (Å²) in [6.45, 7) is 4.68. The van der Waals surface area contributed by atoms with Crippen LogP contribution >= 0.6 is 7.82 Å². The van der Waals surface area contributed by atoms with E-state index in [1.165, 1.54) is 327 Å². The van der Waals surface area contributed by atoms with Crippen LogP contribution < -0.4 is 10.2 Å². The largest absolute Gasteiger partial charge is 0.756 e. The highest BCUT2D eigenvalue weighted by Gasteiger charge is 2.23. The smallest absolute Gasteiger partial charge is 0.268 e. The van der Waals surface area contributed by atoms with Crippen molar-refractivity contribution in [3.8, 4) is 0 Å². The molecule has 0 heterocycles. The lowest BCUT2D eigenvalue weighted by atomic mass is 10.0. The lowest BCUT2D eigenvalue weighted by Gasteiger charge is -2.29. The molecule has 0 fully saturated rings. The molecule has 0 aromatic rings. The van der Waals surface area contributed by atoms with E-state index in [0.717, 1.165) is 44.9 Å². The molecule has 85 heavy (non-hydrogen) atoms. The van der Waals surface area contributed by atoms with Crippen LogP contribution in [0.1, 0.15) is 393 Å². The van der Waals surface area contributed by atoms with E-state index in [2.05, 4.69) is 43.5 Å². The number of nitrogens with zero attached hydrogens (tertiary/aromatic N) is 1. The average Bonchev–Trinajstić information content (AvgIpc) is 3.52. The Morgan fingerprint density at radius 2 is 0.659 bits per heavy atom. The van der Waals surface area contributed by atoms with Crippen LogP contribution in [-0.4, -0.2) is 68.5 Å². The molecule has 0 bridgehead atoms. The van der Waals surface area contributed by atoms with E-state index >= 15 is 0 Å². The second kappa shape index (κ2) is 67.1. The van der Waals surface area contributed by atoms with Crippen LogP contribution in [0.4, 0.5) is 0 Å². The third kappa shape index (κ3) is 70.0. The number of aliphatic hydroxyl groups is 1. The Morgan fingerprint density at radius 1 is 0.400 bits per heavy atom. The lowest BCUT2D eigenvalue weighted by Crippen LogP contribution is -2.45. The zero-order valence-electron chi connectivity index (χ0n) is 57.8. The van der Waals surface area contributed by atoms with E-state index in [9.17, 15) is 19.4 Å². The summed E-state index contributed by atoms with van der Waals surface area (Å²) in [5.74, 6) is -0.203. The summed E-state index contributed by atoms with van der Waals surface area (Å²) in [5, 5.41) is 13.9. The zero-order valence-corrected chi connectivity index (χ0v) is 58.7. The van der Waals surface area contributed by atoms with Crippen molar-refractivity contribution in [2.45, 2.75) is 405 Å². The molecule has 0 saturated heterocycles. The molecule has 0 aliphatic heterocycles. The summed E-state index contributed by atoms with van der Waals surface area (Å²) in [5.41, 5.74) is 0. The molecule has 0 spiro atoms. The number of phosphoric ester groups is 1. The summed E-state index contributed by atoms with van der Waals surface area (Å²) in [4.78, 5) is 25.6. The van der Waals surface area contributed by atoms with Crippen LogP contribution in [0.15, 0.2) is 36.5 Å². The summed E-state index contributed by atoms with van der Waals surface area (Å²) in [6.07, 6.45) is 90.3. The van der Waals surface area contributed by atoms with E-state index in [4.69, 9.17) is 9.05 Å². The summed E-state index contributed by atoms with van der Waals surface area (Å²) in [6, 6.07) is -0.909. The second-order valence-electron chi connectivity index (χ2n) is 27.4. The van der Waals surface area contributed by atoms with Gasteiger partial charge >= 0.3 is 0 Å². The number of aliphatic hydroxyl groups excluding tert-OH is 1. The highest BCUT2D eigenvalue weighted by Crippen LogP contribution is 2.38. The van der Waals surface area contributed by atoms with Crippen LogP contribution in [0, 0.1) is 0 Å². The maximum Gasteiger partial charge on any atom is 0.268 e. The number of rotatable bonds is 71. The second-order valence-corrected chi connectivity index (χ2v) is 28.8. The van der Waals surface area contributed by atoms with Crippen molar-refractivity contribution in [1.29, 1.82) is 0 Å². The number of amides is 1.